The number of hydrogen-bond acceptors (Lipinski definition) is 3. The molecule has 0 aliphatic heterocycles. The summed E-state index contributed by atoms with van der Waals surface area (Å²) in [4.78, 5) is 33.2. The molecule has 1 saturated carbocycles. The summed E-state index contributed by atoms with van der Waals surface area (Å²) < 4.78 is 0. The number of nitrogens with two attached hydrogens (primary N) is 1. The quantitative estimate of drug-likeness (QED) is 0.532. The van der Waals surface area contributed by atoms with Gasteiger partial charge in [0.25, 0.3) is 0 Å². The highest BCUT2D eigenvalue weighted by Gasteiger charge is 2.37. The van der Waals surface area contributed by atoms with Crippen LogP contribution in [-0.4, -0.2) is 34.6 Å². The number of rotatable bonds is 6. The first-order valence-corrected chi connectivity index (χ1v) is 5.98. The third-order valence-electron chi connectivity index (χ3n) is 3.37. The van der Waals surface area contributed by atoms with Crippen LogP contribution in [0.3, 0.4) is 0 Å². The minimum absolute atomic E-state index is 0.222. The molecule has 0 aromatic rings. The van der Waals surface area contributed by atoms with Gasteiger partial charge in [-0.25, -0.2) is 9.59 Å². The van der Waals surface area contributed by atoms with E-state index in [2.05, 4.69) is 10.6 Å². The van der Waals surface area contributed by atoms with Gasteiger partial charge in [0.1, 0.15) is 6.04 Å². The second-order valence-corrected chi connectivity index (χ2v) is 4.65. The molecule has 1 rings (SSSR count). The first kappa shape index (κ1) is 14.3. The molecule has 3 amide bonds. The number of hydrogen-bond donors (Lipinski definition) is 4. The van der Waals surface area contributed by atoms with Crippen molar-refractivity contribution in [2.24, 2.45) is 5.73 Å². The van der Waals surface area contributed by atoms with E-state index in [1.54, 1.807) is 0 Å². The minimum atomic E-state index is -1.28. The normalized spacial score (nSPS) is 18.3. The van der Waals surface area contributed by atoms with E-state index in [1.165, 1.54) is 0 Å². The second-order valence-electron chi connectivity index (χ2n) is 4.65. The van der Waals surface area contributed by atoms with Gasteiger partial charge in [-0.2, -0.15) is 0 Å². The van der Waals surface area contributed by atoms with Crippen molar-refractivity contribution in [3.63, 3.8) is 0 Å². The number of aliphatic carboxylic acids is 1. The van der Waals surface area contributed by atoms with Crippen LogP contribution < -0.4 is 16.4 Å². The zero-order chi connectivity index (χ0) is 13.8. The Labute approximate surface area is 105 Å². The summed E-state index contributed by atoms with van der Waals surface area (Å²) >= 11 is 0. The summed E-state index contributed by atoms with van der Waals surface area (Å²) in [5.74, 6) is -2.04. The molecular weight excluding hydrogens is 238 g/mol. The molecule has 1 aliphatic carbocycles. The van der Waals surface area contributed by atoms with Gasteiger partial charge in [-0.1, -0.05) is 6.92 Å². The lowest BCUT2D eigenvalue weighted by Crippen LogP contribution is -2.58. The fourth-order valence-electron chi connectivity index (χ4n) is 2.01. The Morgan fingerprint density at radius 2 is 2.00 bits per heavy atom. The summed E-state index contributed by atoms with van der Waals surface area (Å²) in [5, 5.41) is 13.9. The van der Waals surface area contributed by atoms with Crippen LogP contribution in [0.1, 0.15) is 39.0 Å². The first-order valence-electron chi connectivity index (χ1n) is 5.98. The van der Waals surface area contributed by atoms with Crippen molar-refractivity contribution in [2.75, 3.05) is 0 Å². The zero-order valence-electron chi connectivity index (χ0n) is 10.4. The summed E-state index contributed by atoms with van der Waals surface area (Å²) in [6.07, 6.45) is 3.22. The predicted molar refractivity (Wildman–Crippen MR) is 63.8 cm³/mol. The van der Waals surface area contributed by atoms with E-state index in [0.717, 1.165) is 25.7 Å². The third kappa shape index (κ3) is 3.61. The van der Waals surface area contributed by atoms with Gasteiger partial charge >= 0.3 is 12.0 Å². The molecule has 0 spiro atoms. The molecule has 18 heavy (non-hydrogen) atoms. The second kappa shape index (κ2) is 5.70. The Bertz CT molecular complexity index is 347. The van der Waals surface area contributed by atoms with Crippen molar-refractivity contribution in [2.45, 2.75) is 50.6 Å². The maximum absolute atomic E-state index is 11.7. The average Bonchev–Trinajstić information content (AvgIpc) is 2.21. The highest BCUT2D eigenvalue weighted by molar-refractivity contribution is 5.87. The molecule has 0 heterocycles. The molecule has 102 valence electrons. The SMILES string of the molecule is CCC1(NC(=O)NC(CC(N)=O)C(=O)O)CCC1. The smallest absolute Gasteiger partial charge is 0.326 e. The molecule has 0 bridgehead atoms. The Kier molecular flexibility index (Phi) is 4.52. The highest BCUT2D eigenvalue weighted by Crippen LogP contribution is 2.34. The molecule has 1 unspecified atom stereocenters. The molecule has 1 atom stereocenters. The lowest BCUT2D eigenvalue weighted by Gasteiger charge is -2.42. The van der Waals surface area contributed by atoms with Crippen LogP contribution in [0.5, 0.6) is 0 Å². The van der Waals surface area contributed by atoms with Gasteiger partial charge in [-0.15, -0.1) is 0 Å². The number of amides is 3. The van der Waals surface area contributed by atoms with Gasteiger partial charge in [0.05, 0.1) is 6.42 Å². The average molecular weight is 257 g/mol. The van der Waals surface area contributed by atoms with Crippen molar-refractivity contribution in [1.29, 1.82) is 0 Å². The number of primary amides is 1. The van der Waals surface area contributed by atoms with Crippen LogP contribution in [-0.2, 0) is 9.59 Å². The summed E-state index contributed by atoms with van der Waals surface area (Å²) in [6.45, 7) is 1.97. The highest BCUT2D eigenvalue weighted by atomic mass is 16.4. The lowest BCUT2D eigenvalue weighted by molar-refractivity contribution is -0.140. The molecule has 0 aromatic heterocycles. The summed E-state index contributed by atoms with van der Waals surface area (Å²) in [7, 11) is 0. The van der Waals surface area contributed by atoms with Crippen LogP contribution in [0.15, 0.2) is 0 Å². The maximum Gasteiger partial charge on any atom is 0.326 e. The van der Waals surface area contributed by atoms with Gasteiger partial charge in [0, 0.05) is 5.54 Å². The summed E-state index contributed by atoms with van der Waals surface area (Å²) in [6, 6.07) is -1.85. The molecule has 7 nitrogen and oxygen atoms in total. The van der Waals surface area contributed by atoms with E-state index in [9.17, 15) is 14.4 Å². The molecule has 1 aliphatic rings. The van der Waals surface area contributed by atoms with E-state index < -0.39 is 30.4 Å². The number of carbonyl (C=O) groups is 3. The molecule has 0 radical (unpaired) electrons. The van der Waals surface area contributed by atoms with Crippen molar-refractivity contribution in [3.05, 3.63) is 0 Å². The molecular formula is C11H19N3O4. The van der Waals surface area contributed by atoms with Crippen LogP contribution in [0.2, 0.25) is 0 Å². The first-order chi connectivity index (χ1) is 8.38. The predicted octanol–water partition coefficient (Wildman–Crippen LogP) is -0.0531. The number of carboxylic acids is 1. The fourth-order valence-corrected chi connectivity index (χ4v) is 2.01. The molecule has 1 fully saturated rings. The molecule has 7 heteroatoms. The van der Waals surface area contributed by atoms with E-state index >= 15 is 0 Å². The van der Waals surface area contributed by atoms with Crippen LogP contribution in [0, 0.1) is 0 Å². The van der Waals surface area contributed by atoms with E-state index in [1.807, 2.05) is 6.92 Å². The Hall–Kier alpha value is -1.79. The number of carbonyl (C=O) groups excluding carboxylic acids is 2. The Morgan fingerprint density at radius 3 is 2.33 bits per heavy atom. The number of carboxylic acid groups (broad SMARTS) is 1. The van der Waals surface area contributed by atoms with Gasteiger partial charge in [-0.05, 0) is 25.7 Å². The van der Waals surface area contributed by atoms with Gasteiger partial charge in [-0.3, -0.25) is 4.79 Å². The maximum atomic E-state index is 11.7. The summed E-state index contributed by atoms with van der Waals surface area (Å²) in [5.41, 5.74) is 4.70. The fraction of sp³-hybridized carbons (Fsp3) is 0.727. The number of nitrogens with one attached hydrogen (secondary N) is 2. The lowest BCUT2D eigenvalue weighted by atomic mass is 9.75. The minimum Gasteiger partial charge on any atom is -0.480 e. The van der Waals surface area contributed by atoms with E-state index in [0.29, 0.717) is 0 Å². The standard InChI is InChI=1S/C11H19N3O4/c1-2-11(4-3-5-11)14-10(18)13-7(9(16)17)6-8(12)15/h7H,2-6H2,1H3,(H2,12,15)(H,16,17)(H2,13,14,18). The van der Waals surface area contributed by atoms with Crippen molar-refractivity contribution >= 4 is 17.9 Å². The van der Waals surface area contributed by atoms with Crippen LogP contribution in [0.25, 0.3) is 0 Å². The van der Waals surface area contributed by atoms with Gasteiger partial charge < -0.3 is 21.5 Å². The van der Waals surface area contributed by atoms with Crippen LogP contribution in [0.4, 0.5) is 4.79 Å². The van der Waals surface area contributed by atoms with Gasteiger partial charge in [0.15, 0.2) is 0 Å². The van der Waals surface area contributed by atoms with Crippen LogP contribution >= 0.6 is 0 Å². The zero-order valence-corrected chi connectivity index (χ0v) is 10.4. The van der Waals surface area contributed by atoms with Crippen molar-refractivity contribution < 1.29 is 19.5 Å². The van der Waals surface area contributed by atoms with Gasteiger partial charge in [0.2, 0.25) is 5.91 Å². The van der Waals surface area contributed by atoms with E-state index in [4.69, 9.17) is 10.8 Å². The monoisotopic (exact) mass is 257 g/mol. The van der Waals surface area contributed by atoms with E-state index in [-0.39, 0.29) is 5.54 Å². The Morgan fingerprint density at radius 1 is 1.39 bits per heavy atom. The molecule has 0 saturated heterocycles. The molecule has 0 aromatic carbocycles. The third-order valence-corrected chi connectivity index (χ3v) is 3.37. The van der Waals surface area contributed by atoms with Crippen molar-refractivity contribution in [1.82, 2.24) is 10.6 Å². The largest absolute Gasteiger partial charge is 0.480 e. The molecule has 5 N–H and O–H groups in total. The Balaban J connectivity index is 2.50. The number of urea groups is 1. The topological polar surface area (TPSA) is 122 Å². The van der Waals surface area contributed by atoms with Crippen molar-refractivity contribution in [3.8, 4) is 0 Å².